The smallest absolute Gasteiger partial charge is 0.274 e. The highest BCUT2D eigenvalue weighted by atomic mass is 16.5. The molecule has 1 fully saturated rings. The van der Waals surface area contributed by atoms with Crippen molar-refractivity contribution in [3.63, 3.8) is 0 Å². The Morgan fingerprint density at radius 2 is 2.00 bits per heavy atom. The van der Waals surface area contributed by atoms with Crippen molar-refractivity contribution in [3.05, 3.63) is 41.7 Å². The van der Waals surface area contributed by atoms with Crippen LogP contribution in [0.15, 0.2) is 30.3 Å². The molecule has 0 unspecified atom stereocenters. The zero-order valence-corrected chi connectivity index (χ0v) is 13.3. The monoisotopic (exact) mass is 312 g/mol. The van der Waals surface area contributed by atoms with E-state index in [4.69, 9.17) is 4.74 Å². The van der Waals surface area contributed by atoms with Crippen LogP contribution in [0.5, 0.6) is 5.75 Å². The molecule has 120 valence electrons. The van der Waals surface area contributed by atoms with Crippen LogP contribution in [0, 0.1) is 6.92 Å². The molecule has 1 aromatic heterocycles. The van der Waals surface area contributed by atoms with E-state index in [9.17, 15) is 4.79 Å². The summed E-state index contributed by atoms with van der Waals surface area (Å²) in [6.45, 7) is 4.40. The second-order valence-corrected chi connectivity index (χ2v) is 5.55. The second kappa shape index (κ2) is 6.64. The van der Waals surface area contributed by atoms with Crippen molar-refractivity contribution in [2.45, 2.75) is 32.7 Å². The van der Waals surface area contributed by atoms with Crippen molar-refractivity contribution in [2.75, 3.05) is 17.2 Å². The van der Waals surface area contributed by atoms with E-state index in [0.717, 1.165) is 24.3 Å². The number of nitrogens with one attached hydrogen (secondary N) is 2. The number of aromatic nitrogens is 2. The third-order valence-electron chi connectivity index (χ3n) is 3.42. The van der Waals surface area contributed by atoms with Crippen LogP contribution >= 0.6 is 0 Å². The van der Waals surface area contributed by atoms with Crippen molar-refractivity contribution >= 4 is 17.5 Å². The number of ether oxygens (including phenoxy) is 1. The van der Waals surface area contributed by atoms with Gasteiger partial charge in [0, 0.05) is 17.4 Å². The van der Waals surface area contributed by atoms with E-state index < -0.39 is 0 Å². The number of hydrogen-bond acceptors (Lipinski definition) is 5. The molecule has 0 aliphatic heterocycles. The Hall–Kier alpha value is -2.63. The highest BCUT2D eigenvalue weighted by Crippen LogP contribution is 2.23. The van der Waals surface area contributed by atoms with Crippen LogP contribution in [0.1, 0.15) is 35.9 Å². The maximum absolute atomic E-state index is 12.4. The van der Waals surface area contributed by atoms with Crippen LogP contribution in [-0.2, 0) is 0 Å². The molecule has 1 aromatic carbocycles. The molecule has 0 saturated heterocycles. The van der Waals surface area contributed by atoms with Gasteiger partial charge in [-0.25, -0.2) is 9.97 Å². The Bertz CT molecular complexity index is 696. The molecule has 1 aliphatic rings. The third kappa shape index (κ3) is 4.18. The fourth-order valence-corrected chi connectivity index (χ4v) is 2.16. The molecule has 2 N–H and O–H groups in total. The summed E-state index contributed by atoms with van der Waals surface area (Å²) in [5.74, 6) is 1.04. The summed E-state index contributed by atoms with van der Waals surface area (Å²) in [6, 6.07) is 9.39. The molecule has 0 radical (unpaired) electrons. The van der Waals surface area contributed by atoms with E-state index >= 15 is 0 Å². The first-order valence-corrected chi connectivity index (χ1v) is 7.80. The van der Waals surface area contributed by atoms with E-state index in [1.54, 1.807) is 18.2 Å². The standard InChI is InChI=1S/C17H20N4O2/c1-3-23-14-8-6-12(7-9-14)19-16(22)15-10-11(2)18-17(21-15)20-13-4-5-13/h6-10,13H,3-5H2,1-2H3,(H,19,22)(H,18,20,21). The molecule has 1 saturated carbocycles. The van der Waals surface area contributed by atoms with Gasteiger partial charge in [-0.3, -0.25) is 4.79 Å². The van der Waals surface area contributed by atoms with E-state index in [0.29, 0.717) is 30.0 Å². The van der Waals surface area contributed by atoms with E-state index in [2.05, 4.69) is 20.6 Å². The zero-order chi connectivity index (χ0) is 16.2. The lowest BCUT2D eigenvalue weighted by molar-refractivity contribution is 0.102. The topological polar surface area (TPSA) is 76.1 Å². The predicted octanol–water partition coefficient (Wildman–Crippen LogP) is 3.01. The molecule has 0 spiro atoms. The van der Waals surface area contributed by atoms with Gasteiger partial charge in [0.25, 0.3) is 5.91 Å². The van der Waals surface area contributed by atoms with Crippen LogP contribution in [0.4, 0.5) is 11.6 Å². The zero-order valence-electron chi connectivity index (χ0n) is 13.3. The van der Waals surface area contributed by atoms with E-state index in [1.807, 2.05) is 26.0 Å². The van der Waals surface area contributed by atoms with Crippen molar-refractivity contribution in [3.8, 4) is 5.75 Å². The first-order valence-electron chi connectivity index (χ1n) is 7.80. The van der Waals surface area contributed by atoms with Gasteiger partial charge < -0.3 is 15.4 Å². The molecule has 0 bridgehead atoms. The number of carbonyl (C=O) groups excluding carboxylic acids is 1. The number of carbonyl (C=O) groups is 1. The third-order valence-corrected chi connectivity index (χ3v) is 3.42. The Morgan fingerprint density at radius 3 is 2.65 bits per heavy atom. The summed E-state index contributed by atoms with van der Waals surface area (Å²) < 4.78 is 5.38. The summed E-state index contributed by atoms with van der Waals surface area (Å²) >= 11 is 0. The minimum Gasteiger partial charge on any atom is -0.494 e. The minimum atomic E-state index is -0.251. The predicted molar refractivity (Wildman–Crippen MR) is 89.0 cm³/mol. The molecule has 3 rings (SSSR count). The molecule has 6 nitrogen and oxygen atoms in total. The van der Waals surface area contributed by atoms with Gasteiger partial charge >= 0.3 is 0 Å². The van der Waals surface area contributed by atoms with Gasteiger partial charge in [-0.1, -0.05) is 0 Å². The van der Waals surface area contributed by atoms with Gasteiger partial charge in [0.1, 0.15) is 11.4 Å². The molecule has 1 aliphatic carbocycles. The summed E-state index contributed by atoms with van der Waals surface area (Å²) in [6.07, 6.45) is 2.26. The lowest BCUT2D eigenvalue weighted by atomic mass is 10.2. The molecule has 23 heavy (non-hydrogen) atoms. The fourth-order valence-electron chi connectivity index (χ4n) is 2.16. The molecule has 1 heterocycles. The fraction of sp³-hybridized carbons (Fsp3) is 0.353. The molecule has 2 aromatic rings. The van der Waals surface area contributed by atoms with Gasteiger partial charge in [-0.05, 0) is 57.0 Å². The van der Waals surface area contributed by atoms with Crippen molar-refractivity contribution in [1.82, 2.24) is 9.97 Å². The highest BCUT2D eigenvalue weighted by Gasteiger charge is 2.22. The molecular weight excluding hydrogens is 292 g/mol. The number of benzene rings is 1. The first kappa shape index (κ1) is 15.3. The summed E-state index contributed by atoms with van der Waals surface area (Å²) in [7, 11) is 0. The lowest BCUT2D eigenvalue weighted by Gasteiger charge is -2.09. The summed E-state index contributed by atoms with van der Waals surface area (Å²) in [5, 5.41) is 6.06. The highest BCUT2D eigenvalue weighted by molar-refractivity contribution is 6.03. The maximum atomic E-state index is 12.4. The van der Waals surface area contributed by atoms with Crippen molar-refractivity contribution in [2.24, 2.45) is 0 Å². The van der Waals surface area contributed by atoms with Gasteiger partial charge in [-0.15, -0.1) is 0 Å². The average Bonchev–Trinajstić information content (AvgIpc) is 3.33. The molecular formula is C17H20N4O2. The average molecular weight is 312 g/mol. The van der Waals surface area contributed by atoms with E-state index in [1.165, 1.54) is 0 Å². The van der Waals surface area contributed by atoms with Gasteiger partial charge in [0.2, 0.25) is 5.95 Å². The largest absolute Gasteiger partial charge is 0.494 e. The van der Waals surface area contributed by atoms with Crippen LogP contribution in [0.25, 0.3) is 0 Å². The van der Waals surface area contributed by atoms with E-state index in [-0.39, 0.29) is 5.91 Å². The number of hydrogen-bond donors (Lipinski definition) is 2. The Kier molecular flexibility index (Phi) is 4.41. The van der Waals surface area contributed by atoms with Gasteiger partial charge in [0.15, 0.2) is 0 Å². The number of nitrogens with zero attached hydrogens (tertiary/aromatic N) is 2. The van der Waals surface area contributed by atoms with Crippen LogP contribution in [0.3, 0.4) is 0 Å². The maximum Gasteiger partial charge on any atom is 0.274 e. The van der Waals surface area contributed by atoms with Gasteiger partial charge in [0.05, 0.1) is 6.61 Å². The van der Waals surface area contributed by atoms with Crippen LogP contribution in [-0.4, -0.2) is 28.5 Å². The van der Waals surface area contributed by atoms with Gasteiger partial charge in [-0.2, -0.15) is 0 Å². The van der Waals surface area contributed by atoms with Crippen LogP contribution in [0.2, 0.25) is 0 Å². The Labute approximate surface area is 135 Å². The van der Waals surface area contributed by atoms with Crippen molar-refractivity contribution in [1.29, 1.82) is 0 Å². The number of aryl methyl sites for hydroxylation is 1. The summed E-state index contributed by atoms with van der Waals surface area (Å²) in [5.41, 5.74) is 1.82. The Morgan fingerprint density at radius 1 is 1.26 bits per heavy atom. The number of anilines is 2. The normalized spacial score (nSPS) is 13.5. The first-order chi connectivity index (χ1) is 11.1. The second-order valence-electron chi connectivity index (χ2n) is 5.55. The Balaban J connectivity index is 1.70. The lowest BCUT2D eigenvalue weighted by Crippen LogP contribution is -2.16. The SMILES string of the molecule is CCOc1ccc(NC(=O)c2cc(C)nc(NC3CC3)n2)cc1. The molecule has 1 amide bonds. The summed E-state index contributed by atoms with van der Waals surface area (Å²) in [4.78, 5) is 21.0. The minimum absolute atomic E-state index is 0.251. The number of amides is 1. The quantitative estimate of drug-likeness (QED) is 0.857. The van der Waals surface area contributed by atoms with Crippen molar-refractivity contribution < 1.29 is 9.53 Å². The molecule has 0 atom stereocenters. The molecule has 6 heteroatoms. The van der Waals surface area contributed by atoms with Crippen LogP contribution < -0.4 is 15.4 Å². The number of rotatable bonds is 6.